The Morgan fingerprint density at radius 2 is 1.77 bits per heavy atom. The van der Waals surface area contributed by atoms with Crippen LogP contribution in [0.5, 0.6) is 5.75 Å². The molecule has 0 saturated carbocycles. The smallest absolute Gasteiger partial charge is 0.193 e. The molecular weight excluding hydrogens is 388 g/mol. The second kappa shape index (κ2) is 12.8. The minimum Gasteiger partial charge on any atom is -0.497 e. The Bertz CT molecular complexity index is 789. The average Bonchev–Trinajstić information content (AvgIpc) is 2.84. The monoisotopic (exact) mass is 424 g/mol. The second-order valence-corrected chi connectivity index (χ2v) is 7.70. The molecule has 2 aromatic carbocycles. The lowest BCUT2D eigenvalue weighted by molar-refractivity contribution is 0.133. The molecule has 1 saturated heterocycles. The fourth-order valence-electron chi connectivity index (χ4n) is 3.78. The molecule has 0 atom stereocenters. The van der Waals surface area contributed by atoms with E-state index in [4.69, 9.17) is 9.47 Å². The number of piperazine rings is 1. The Morgan fingerprint density at radius 1 is 0.968 bits per heavy atom. The number of anilines is 1. The van der Waals surface area contributed by atoms with Crippen LogP contribution in [-0.4, -0.2) is 71.0 Å². The van der Waals surface area contributed by atoms with E-state index < -0.39 is 0 Å². The van der Waals surface area contributed by atoms with E-state index in [1.807, 2.05) is 25.2 Å². The topological polar surface area (TPSA) is 49.3 Å². The highest BCUT2D eigenvalue weighted by atomic mass is 16.5. The molecule has 31 heavy (non-hydrogen) atoms. The van der Waals surface area contributed by atoms with Crippen molar-refractivity contribution in [1.82, 2.24) is 10.2 Å². The van der Waals surface area contributed by atoms with Gasteiger partial charge in [0, 0.05) is 58.1 Å². The molecule has 2 aromatic rings. The van der Waals surface area contributed by atoms with Crippen LogP contribution in [0.3, 0.4) is 0 Å². The third-order valence-corrected chi connectivity index (χ3v) is 5.59. The van der Waals surface area contributed by atoms with Gasteiger partial charge in [0.15, 0.2) is 5.96 Å². The van der Waals surface area contributed by atoms with Gasteiger partial charge in [0.25, 0.3) is 0 Å². The molecule has 168 valence electrons. The van der Waals surface area contributed by atoms with E-state index in [1.54, 1.807) is 7.11 Å². The summed E-state index contributed by atoms with van der Waals surface area (Å²) < 4.78 is 11.1. The summed E-state index contributed by atoms with van der Waals surface area (Å²) in [5, 5.41) is 3.51. The van der Waals surface area contributed by atoms with Gasteiger partial charge in [-0.3, -0.25) is 4.99 Å². The summed E-state index contributed by atoms with van der Waals surface area (Å²) in [6.45, 7) is 6.39. The predicted octanol–water partition coefficient (Wildman–Crippen LogP) is 3.43. The van der Waals surface area contributed by atoms with E-state index in [0.717, 1.165) is 76.9 Å². The number of hydrogen-bond acceptors (Lipinski definition) is 4. The van der Waals surface area contributed by atoms with Crippen molar-refractivity contribution in [2.45, 2.75) is 19.3 Å². The summed E-state index contributed by atoms with van der Waals surface area (Å²) in [7, 11) is 3.58. The highest BCUT2D eigenvalue weighted by Gasteiger charge is 2.19. The van der Waals surface area contributed by atoms with Crippen LogP contribution in [-0.2, 0) is 11.2 Å². The van der Waals surface area contributed by atoms with Gasteiger partial charge >= 0.3 is 0 Å². The number of unbranched alkanes of at least 4 members (excludes halogenated alkanes) is 1. The van der Waals surface area contributed by atoms with Gasteiger partial charge in [0.05, 0.1) is 13.7 Å². The molecule has 0 bridgehead atoms. The molecule has 1 aliphatic rings. The quantitative estimate of drug-likeness (QED) is 0.360. The maximum absolute atomic E-state index is 5.77. The molecule has 0 spiro atoms. The number of hydrogen-bond donors (Lipinski definition) is 1. The highest BCUT2D eigenvalue weighted by Crippen LogP contribution is 2.22. The molecular formula is C25H36N4O2. The molecule has 0 radical (unpaired) electrons. The largest absolute Gasteiger partial charge is 0.497 e. The Kier molecular flexibility index (Phi) is 9.51. The Labute approximate surface area is 186 Å². The van der Waals surface area contributed by atoms with E-state index >= 15 is 0 Å². The van der Waals surface area contributed by atoms with Crippen molar-refractivity contribution in [3.63, 3.8) is 0 Å². The Balaban J connectivity index is 1.28. The number of methoxy groups -OCH3 is 1. The zero-order chi connectivity index (χ0) is 21.7. The zero-order valence-corrected chi connectivity index (χ0v) is 18.9. The van der Waals surface area contributed by atoms with Gasteiger partial charge in [0.2, 0.25) is 0 Å². The number of nitrogens with zero attached hydrogens (tertiary/aromatic N) is 3. The fraction of sp³-hybridized carbons (Fsp3) is 0.480. The Morgan fingerprint density at radius 3 is 2.52 bits per heavy atom. The van der Waals surface area contributed by atoms with E-state index in [1.165, 1.54) is 11.3 Å². The number of guanidine groups is 1. The van der Waals surface area contributed by atoms with Crippen molar-refractivity contribution >= 4 is 11.6 Å². The van der Waals surface area contributed by atoms with Crippen molar-refractivity contribution < 1.29 is 9.47 Å². The number of aliphatic imine (C=N–C) groups is 1. The van der Waals surface area contributed by atoms with Crippen molar-refractivity contribution in [2.24, 2.45) is 4.99 Å². The average molecular weight is 425 g/mol. The van der Waals surface area contributed by atoms with Crippen molar-refractivity contribution in [1.29, 1.82) is 0 Å². The zero-order valence-electron chi connectivity index (χ0n) is 18.9. The van der Waals surface area contributed by atoms with E-state index in [2.05, 4.69) is 56.5 Å². The van der Waals surface area contributed by atoms with Crippen LogP contribution in [0.2, 0.25) is 0 Å². The Hall–Kier alpha value is -2.73. The normalized spacial score (nSPS) is 14.6. The molecule has 1 heterocycles. The molecule has 0 aromatic heterocycles. The molecule has 1 N–H and O–H groups in total. The van der Waals surface area contributed by atoms with Crippen LogP contribution in [0.25, 0.3) is 0 Å². The molecule has 0 unspecified atom stereocenters. The number of rotatable bonds is 10. The molecule has 0 amide bonds. The lowest BCUT2D eigenvalue weighted by Gasteiger charge is -2.37. The van der Waals surface area contributed by atoms with Crippen LogP contribution in [0.4, 0.5) is 5.69 Å². The van der Waals surface area contributed by atoms with E-state index in [-0.39, 0.29) is 0 Å². The van der Waals surface area contributed by atoms with Crippen molar-refractivity contribution in [2.75, 3.05) is 65.0 Å². The number of benzene rings is 2. The maximum atomic E-state index is 5.77. The summed E-state index contributed by atoms with van der Waals surface area (Å²) >= 11 is 0. The first-order valence-electron chi connectivity index (χ1n) is 11.3. The van der Waals surface area contributed by atoms with E-state index in [0.29, 0.717) is 0 Å². The summed E-state index contributed by atoms with van der Waals surface area (Å²) in [4.78, 5) is 9.22. The predicted molar refractivity (Wildman–Crippen MR) is 128 cm³/mol. The van der Waals surface area contributed by atoms with Gasteiger partial charge in [-0.25, -0.2) is 0 Å². The molecule has 6 nitrogen and oxygen atoms in total. The lowest BCUT2D eigenvalue weighted by atomic mass is 10.2. The highest BCUT2D eigenvalue weighted by molar-refractivity contribution is 5.80. The number of nitrogens with one attached hydrogen (secondary N) is 1. The third kappa shape index (κ3) is 7.47. The second-order valence-electron chi connectivity index (χ2n) is 7.70. The molecule has 1 fully saturated rings. The maximum Gasteiger partial charge on any atom is 0.193 e. The van der Waals surface area contributed by atoms with Crippen LogP contribution in [0.15, 0.2) is 59.6 Å². The van der Waals surface area contributed by atoms with Gasteiger partial charge in [-0.15, -0.1) is 0 Å². The van der Waals surface area contributed by atoms with Crippen LogP contribution >= 0.6 is 0 Å². The van der Waals surface area contributed by atoms with Crippen LogP contribution < -0.4 is 15.0 Å². The summed E-state index contributed by atoms with van der Waals surface area (Å²) in [5.41, 5.74) is 2.55. The summed E-state index contributed by atoms with van der Waals surface area (Å²) in [6, 6.07) is 18.8. The first-order chi connectivity index (χ1) is 15.3. The summed E-state index contributed by atoms with van der Waals surface area (Å²) in [6.07, 6.45) is 3.12. The van der Waals surface area contributed by atoms with Gasteiger partial charge < -0.3 is 24.6 Å². The first-order valence-corrected chi connectivity index (χ1v) is 11.3. The third-order valence-electron chi connectivity index (χ3n) is 5.59. The minimum atomic E-state index is 0.788. The molecule has 6 heteroatoms. The van der Waals surface area contributed by atoms with Crippen LogP contribution in [0, 0.1) is 0 Å². The minimum absolute atomic E-state index is 0.788. The number of ether oxygens (including phenoxy) is 2. The van der Waals surface area contributed by atoms with Crippen LogP contribution in [0.1, 0.15) is 18.4 Å². The fourth-order valence-corrected chi connectivity index (χ4v) is 3.78. The van der Waals surface area contributed by atoms with E-state index in [9.17, 15) is 0 Å². The lowest BCUT2D eigenvalue weighted by Crippen LogP contribution is -2.52. The first kappa shape index (κ1) is 22.9. The molecule has 1 aliphatic heterocycles. The molecule has 3 rings (SSSR count). The molecule has 0 aliphatic carbocycles. The van der Waals surface area contributed by atoms with Gasteiger partial charge in [-0.2, -0.15) is 0 Å². The van der Waals surface area contributed by atoms with Gasteiger partial charge in [-0.05, 0) is 37.0 Å². The van der Waals surface area contributed by atoms with Crippen molar-refractivity contribution in [3.05, 3.63) is 60.2 Å². The SMILES string of the molecule is CN=C(NCCCCOCCc1ccccc1)N1CCN(c2cccc(OC)c2)CC1. The van der Waals surface area contributed by atoms with Gasteiger partial charge in [-0.1, -0.05) is 36.4 Å². The standard InChI is InChI=1S/C25H36N4O2/c1-26-25(27-14-6-7-19-31-20-13-22-9-4-3-5-10-22)29-17-15-28(16-18-29)23-11-8-12-24(21-23)30-2/h3-5,8-12,21H,6-7,13-20H2,1-2H3,(H,26,27). The summed E-state index contributed by atoms with van der Waals surface area (Å²) in [5.74, 6) is 1.90. The van der Waals surface area contributed by atoms with Gasteiger partial charge in [0.1, 0.15) is 5.75 Å². The van der Waals surface area contributed by atoms with Crippen molar-refractivity contribution in [3.8, 4) is 5.75 Å².